The summed E-state index contributed by atoms with van der Waals surface area (Å²) < 4.78 is 0. The fraction of sp³-hybridized carbons (Fsp3) is 0.400. The third-order valence-corrected chi connectivity index (χ3v) is 3.26. The monoisotopic (exact) mass is 245 g/mol. The topological polar surface area (TPSA) is 49.3 Å². The molecule has 0 atom stereocenters. The number of hydrogen-bond acceptors (Lipinski definition) is 3. The molecule has 1 aromatic rings. The van der Waals surface area contributed by atoms with E-state index in [1.54, 1.807) is 12.3 Å². The standard InChI is InChI=1S/C15H19NO2/c1-11-7-8-13(15(18)9-11)16-10-12-5-3-2-4-6-14(12)17/h7-10,16,18H,2-6H2,1H3/b12-10+. The average Bonchev–Trinajstić information content (AvgIpc) is 2.53. The van der Waals surface area contributed by atoms with Gasteiger partial charge < -0.3 is 10.4 Å². The van der Waals surface area contributed by atoms with Crippen molar-refractivity contribution in [2.24, 2.45) is 0 Å². The van der Waals surface area contributed by atoms with Crippen LogP contribution in [0.3, 0.4) is 0 Å². The first-order chi connectivity index (χ1) is 8.66. The molecule has 0 saturated heterocycles. The van der Waals surface area contributed by atoms with Gasteiger partial charge >= 0.3 is 0 Å². The summed E-state index contributed by atoms with van der Waals surface area (Å²) in [7, 11) is 0. The lowest BCUT2D eigenvalue weighted by molar-refractivity contribution is -0.115. The van der Waals surface area contributed by atoms with Crippen molar-refractivity contribution in [3.8, 4) is 5.75 Å². The van der Waals surface area contributed by atoms with Gasteiger partial charge in [0.05, 0.1) is 5.69 Å². The van der Waals surface area contributed by atoms with Gasteiger partial charge in [0.25, 0.3) is 0 Å². The molecule has 18 heavy (non-hydrogen) atoms. The molecule has 1 fully saturated rings. The maximum atomic E-state index is 11.8. The second-order valence-corrected chi connectivity index (χ2v) is 4.82. The van der Waals surface area contributed by atoms with E-state index < -0.39 is 0 Å². The highest BCUT2D eigenvalue weighted by molar-refractivity contribution is 5.95. The molecule has 1 saturated carbocycles. The number of aryl methyl sites for hydroxylation is 1. The number of aromatic hydroxyl groups is 1. The average molecular weight is 245 g/mol. The number of hydrogen-bond donors (Lipinski definition) is 2. The number of anilines is 1. The number of phenolic OH excluding ortho intramolecular Hbond substituents is 1. The molecule has 1 aromatic carbocycles. The van der Waals surface area contributed by atoms with E-state index in [1.165, 1.54) is 0 Å². The van der Waals surface area contributed by atoms with Gasteiger partial charge in [0.1, 0.15) is 5.75 Å². The van der Waals surface area contributed by atoms with Gasteiger partial charge in [-0.25, -0.2) is 0 Å². The third-order valence-electron chi connectivity index (χ3n) is 3.26. The molecule has 0 aromatic heterocycles. The van der Waals surface area contributed by atoms with Crippen LogP contribution < -0.4 is 5.32 Å². The smallest absolute Gasteiger partial charge is 0.160 e. The van der Waals surface area contributed by atoms with Crippen LogP contribution in [0.1, 0.15) is 37.7 Å². The van der Waals surface area contributed by atoms with Crippen LogP contribution in [0.15, 0.2) is 30.0 Å². The second-order valence-electron chi connectivity index (χ2n) is 4.82. The number of phenols is 1. The molecule has 96 valence electrons. The van der Waals surface area contributed by atoms with Crippen LogP contribution >= 0.6 is 0 Å². The van der Waals surface area contributed by atoms with E-state index in [4.69, 9.17) is 0 Å². The summed E-state index contributed by atoms with van der Waals surface area (Å²) >= 11 is 0. The number of carbonyl (C=O) groups is 1. The molecule has 0 spiro atoms. The molecule has 0 aliphatic heterocycles. The van der Waals surface area contributed by atoms with Crippen LogP contribution in [0.5, 0.6) is 5.75 Å². The third kappa shape index (κ3) is 3.13. The van der Waals surface area contributed by atoms with Crippen LogP contribution in [-0.2, 0) is 4.79 Å². The van der Waals surface area contributed by atoms with Crippen molar-refractivity contribution in [2.45, 2.75) is 39.0 Å². The summed E-state index contributed by atoms with van der Waals surface area (Å²) in [5, 5.41) is 12.8. The quantitative estimate of drug-likeness (QED) is 0.476. The van der Waals surface area contributed by atoms with Gasteiger partial charge in [0.2, 0.25) is 0 Å². The molecular formula is C15H19NO2. The van der Waals surface area contributed by atoms with Crippen molar-refractivity contribution in [3.63, 3.8) is 0 Å². The second kappa shape index (κ2) is 5.71. The number of nitrogens with one attached hydrogen (secondary N) is 1. The van der Waals surface area contributed by atoms with E-state index in [-0.39, 0.29) is 11.5 Å². The van der Waals surface area contributed by atoms with Gasteiger partial charge in [-0.05, 0) is 43.9 Å². The molecule has 2 N–H and O–H groups in total. The first kappa shape index (κ1) is 12.7. The Balaban J connectivity index is 2.11. The molecule has 0 heterocycles. The Labute approximate surface area is 108 Å². The predicted octanol–water partition coefficient (Wildman–Crippen LogP) is 3.53. The minimum atomic E-state index is 0.216. The van der Waals surface area contributed by atoms with Crippen LogP contribution in [0.25, 0.3) is 0 Å². The van der Waals surface area contributed by atoms with E-state index in [2.05, 4.69) is 5.32 Å². The molecule has 0 amide bonds. The first-order valence-electron chi connectivity index (χ1n) is 6.45. The minimum absolute atomic E-state index is 0.216. The molecule has 3 nitrogen and oxygen atoms in total. The molecular weight excluding hydrogens is 226 g/mol. The van der Waals surface area contributed by atoms with E-state index in [0.717, 1.165) is 36.8 Å². The largest absolute Gasteiger partial charge is 0.506 e. The van der Waals surface area contributed by atoms with E-state index in [0.29, 0.717) is 12.1 Å². The fourth-order valence-electron chi connectivity index (χ4n) is 2.16. The SMILES string of the molecule is Cc1ccc(N/C=C2\CCCCCC2=O)c(O)c1. The molecule has 1 aliphatic carbocycles. The fourth-order valence-corrected chi connectivity index (χ4v) is 2.16. The lowest BCUT2D eigenvalue weighted by Gasteiger charge is -2.07. The Kier molecular flexibility index (Phi) is 4.03. The van der Waals surface area contributed by atoms with Gasteiger partial charge in [-0.3, -0.25) is 4.79 Å². The Hall–Kier alpha value is -1.77. The molecule has 3 heteroatoms. The van der Waals surface area contributed by atoms with Crippen LogP contribution in [0, 0.1) is 6.92 Å². The van der Waals surface area contributed by atoms with Crippen LogP contribution in [-0.4, -0.2) is 10.9 Å². The number of rotatable bonds is 2. The normalized spacial score (nSPS) is 18.7. The van der Waals surface area contributed by atoms with E-state index >= 15 is 0 Å². The van der Waals surface area contributed by atoms with E-state index in [1.807, 2.05) is 19.1 Å². The molecule has 0 radical (unpaired) electrons. The predicted molar refractivity (Wildman–Crippen MR) is 72.6 cm³/mol. The first-order valence-corrected chi connectivity index (χ1v) is 6.45. The van der Waals surface area contributed by atoms with Gasteiger partial charge in [0.15, 0.2) is 5.78 Å². The zero-order valence-corrected chi connectivity index (χ0v) is 10.7. The highest BCUT2D eigenvalue weighted by Crippen LogP contribution is 2.25. The van der Waals surface area contributed by atoms with Gasteiger partial charge in [-0.15, -0.1) is 0 Å². The molecule has 1 aliphatic rings. The summed E-state index contributed by atoms with van der Waals surface area (Å²) in [6.45, 7) is 1.93. The maximum Gasteiger partial charge on any atom is 0.160 e. The highest BCUT2D eigenvalue weighted by atomic mass is 16.3. The van der Waals surface area contributed by atoms with Crippen molar-refractivity contribution in [3.05, 3.63) is 35.5 Å². The van der Waals surface area contributed by atoms with Gasteiger partial charge in [0, 0.05) is 18.2 Å². The van der Waals surface area contributed by atoms with Crippen LogP contribution in [0.4, 0.5) is 5.69 Å². The van der Waals surface area contributed by atoms with Gasteiger partial charge in [-0.1, -0.05) is 12.5 Å². The minimum Gasteiger partial charge on any atom is -0.506 e. The highest BCUT2D eigenvalue weighted by Gasteiger charge is 2.13. The zero-order valence-electron chi connectivity index (χ0n) is 10.7. The number of benzene rings is 1. The van der Waals surface area contributed by atoms with Crippen molar-refractivity contribution >= 4 is 11.5 Å². The summed E-state index contributed by atoms with van der Waals surface area (Å²) in [4.78, 5) is 11.8. The van der Waals surface area contributed by atoms with Crippen molar-refractivity contribution in [1.82, 2.24) is 0 Å². The Morgan fingerprint density at radius 1 is 1.22 bits per heavy atom. The maximum absolute atomic E-state index is 11.8. The lowest BCUT2D eigenvalue weighted by atomic mass is 10.1. The van der Waals surface area contributed by atoms with Crippen molar-refractivity contribution in [2.75, 3.05) is 5.32 Å². The summed E-state index contributed by atoms with van der Waals surface area (Å²) in [5.41, 5.74) is 2.49. The molecule has 0 bridgehead atoms. The number of carbonyl (C=O) groups excluding carboxylic acids is 1. The summed E-state index contributed by atoms with van der Waals surface area (Å²) in [6, 6.07) is 5.45. The summed E-state index contributed by atoms with van der Waals surface area (Å²) in [6.07, 6.45) is 6.41. The van der Waals surface area contributed by atoms with Gasteiger partial charge in [-0.2, -0.15) is 0 Å². The summed E-state index contributed by atoms with van der Waals surface area (Å²) in [5.74, 6) is 0.444. The Bertz CT molecular complexity index is 477. The zero-order chi connectivity index (χ0) is 13.0. The van der Waals surface area contributed by atoms with Crippen molar-refractivity contribution < 1.29 is 9.90 Å². The molecule has 0 unspecified atom stereocenters. The Morgan fingerprint density at radius 2 is 2.00 bits per heavy atom. The number of allylic oxidation sites excluding steroid dienone is 1. The Morgan fingerprint density at radius 3 is 2.78 bits per heavy atom. The van der Waals surface area contributed by atoms with Crippen LogP contribution in [0.2, 0.25) is 0 Å². The number of ketones is 1. The number of Topliss-reactive ketones (excluding diaryl/α,β-unsaturated/α-hetero) is 1. The van der Waals surface area contributed by atoms with E-state index in [9.17, 15) is 9.90 Å². The molecule has 2 rings (SSSR count). The lowest BCUT2D eigenvalue weighted by Crippen LogP contribution is -2.02. The van der Waals surface area contributed by atoms with Crippen molar-refractivity contribution in [1.29, 1.82) is 0 Å².